The number of aromatic amines is 1. The molecule has 0 saturated carbocycles. The molecule has 134 valence electrons. The molecule has 2 N–H and O–H groups in total. The number of pyridine rings is 1. The molecule has 0 atom stereocenters. The first kappa shape index (κ1) is 17.5. The fourth-order valence-electron chi connectivity index (χ4n) is 2.31. The highest BCUT2D eigenvalue weighted by Gasteiger charge is 2.28. The van der Waals surface area contributed by atoms with E-state index in [1.807, 2.05) is 0 Å². The number of rotatable bonds is 4. The fourth-order valence-corrected chi connectivity index (χ4v) is 2.31. The molecule has 0 radical (unpaired) electrons. The molecule has 0 bridgehead atoms. The van der Waals surface area contributed by atoms with E-state index in [-0.39, 0.29) is 11.3 Å². The van der Waals surface area contributed by atoms with Crippen molar-refractivity contribution in [1.29, 1.82) is 0 Å². The van der Waals surface area contributed by atoms with Gasteiger partial charge in [0.15, 0.2) is 6.61 Å². The lowest BCUT2D eigenvalue weighted by atomic mass is 10.1. The molecule has 1 aromatic heterocycles. The second-order valence-corrected chi connectivity index (χ2v) is 5.48. The van der Waals surface area contributed by atoms with Crippen LogP contribution in [0, 0.1) is 0 Å². The Labute approximate surface area is 145 Å². The Bertz CT molecular complexity index is 995. The summed E-state index contributed by atoms with van der Waals surface area (Å²) in [7, 11) is 0. The number of carbonyl (C=O) groups is 1. The van der Waals surface area contributed by atoms with Gasteiger partial charge in [-0.25, -0.2) is 0 Å². The number of alkyl halides is 3. The van der Waals surface area contributed by atoms with E-state index in [0.717, 1.165) is 0 Å². The Morgan fingerprint density at radius 2 is 1.77 bits per heavy atom. The monoisotopic (exact) mass is 362 g/mol. The van der Waals surface area contributed by atoms with Crippen LogP contribution < -0.4 is 15.6 Å². The Hall–Kier alpha value is -3.29. The van der Waals surface area contributed by atoms with Crippen molar-refractivity contribution in [3.63, 3.8) is 0 Å². The molecule has 0 fully saturated rings. The van der Waals surface area contributed by atoms with Gasteiger partial charge in [0.05, 0.1) is 0 Å². The van der Waals surface area contributed by atoms with E-state index in [9.17, 15) is 22.8 Å². The zero-order valence-electron chi connectivity index (χ0n) is 13.3. The van der Waals surface area contributed by atoms with Gasteiger partial charge in [0.25, 0.3) is 11.5 Å². The Morgan fingerprint density at radius 3 is 2.46 bits per heavy atom. The van der Waals surface area contributed by atoms with E-state index in [2.05, 4.69) is 15.0 Å². The molecule has 0 aliphatic rings. The number of halogens is 3. The molecule has 1 amide bonds. The highest BCUT2D eigenvalue weighted by Crippen LogP contribution is 2.20. The van der Waals surface area contributed by atoms with Crippen molar-refractivity contribution in [2.45, 2.75) is 6.18 Å². The number of fused-ring (bicyclic) bond motifs is 1. The van der Waals surface area contributed by atoms with Crippen molar-refractivity contribution in [3.8, 4) is 5.75 Å². The topological polar surface area (TPSA) is 71.2 Å². The predicted molar refractivity (Wildman–Crippen MR) is 90.5 cm³/mol. The summed E-state index contributed by atoms with van der Waals surface area (Å²) in [5.41, 5.74) is 0.328. The third kappa shape index (κ3) is 4.21. The van der Waals surface area contributed by atoms with Gasteiger partial charge < -0.3 is 15.0 Å². The zero-order chi connectivity index (χ0) is 18.7. The molecule has 0 saturated heterocycles. The van der Waals surface area contributed by atoms with E-state index >= 15 is 0 Å². The molecular formula is C18H13F3N2O3. The van der Waals surface area contributed by atoms with Crippen molar-refractivity contribution in [2.75, 3.05) is 11.9 Å². The molecule has 26 heavy (non-hydrogen) atoms. The van der Waals surface area contributed by atoms with Crippen LogP contribution >= 0.6 is 0 Å². The number of ether oxygens (including phenoxy) is 1. The average molecular weight is 362 g/mol. The normalized spacial score (nSPS) is 11.3. The van der Waals surface area contributed by atoms with Gasteiger partial charge in [0.2, 0.25) is 0 Å². The number of benzene rings is 2. The van der Waals surface area contributed by atoms with Gasteiger partial charge in [-0.2, -0.15) is 13.2 Å². The van der Waals surface area contributed by atoms with Gasteiger partial charge >= 0.3 is 6.18 Å². The van der Waals surface area contributed by atoms with Crippen LogP contribution in [0.5, 0.6) is 5.75 Å². The van der Waals surface area contributed by atoms with Crippen LogP contribution in [0.15, 0.2) is 59.4 Å². The number of amides is 1. The van der Waals surface area contributed by atoms with Crippen LogP contribution in [0.4, 0.5) is 18.9 Å². The number of aromatic nitrogens is 1. The second kappa shape index (κ2) is 6.91. The molecule has 5 nitrogen and oxygen atoms in total. The minimum Gasteiger partial charge on any atom is -0.484 e. The van der Waals surface area contributed by atoms with Crippen LogP contribution in [-0.4, -0.2) is 23.7 Å². The van der Waals surface area contributed by atoms with E-state index in [1.54, 1.807) is 24.3 Å². The summed E-state index contributed by atoms with van der Waals surface area (Å²) >= 11 is 0. The lowest BCUT2D eigenvalue weighted by Crippen LogP contribution is -2.23. The number of H-pyrrole nitrogens is 1. The van der Waals surface area contributed by atoms with Crippen LogP contribution in [0.25, 0.3) is 10.9 Å². The Balaban J connectivity index is 1.74. The van der Waals surface area contributed by atoms with Gasteiger partial charge in [-0.1, -0.05) is 18.2 Å². The number of nitrogens with one attached hydrogen (secondary N) is 2. The summed E-state index contributed by atoms with van der Waals surface area (Å²) in [5.74, 6) is -0.607. The number of hydrogen-bond acceptors (Lipinski definition) is 3. The summed E-state index contributed by atoms with van der Waals surface area (Å²) in [4.78, 5) is 27.0. The van der Waals surface area contributed by atoms with Crippen molar-refractivity contribution in [2.24, 2.45) is 0 Å². The van der Waals surface area contributed by atoms with Crippen molar-refractivity contribution >= 4 is 22.5 Å². The fraction of sp³-hybridized carbons (Fsp3) is 0.111. The second-order valence-electron chi connectivity index (χ2n) is 5.48. The molecule has 0 aliphatic carbocycles. The molecule has 0 unspecified atom stereocenters. The maximum atomic E-state index is 12.3. The van der Waals surface area contributed by atoms with Crippen molar-refractivity contribution in [3.05, 3.63) is 70.5 Å². The van der Waals surface area contributed by atoms with Crippen LogP contribution in [0.1, 0.15) is 10.4 Å². The number of hydrogen-bond donors (Lipinski definition) is 2. The first-order valence-electron chi connectivity index (χ1n) is 7.55. The van der Waals surface area contributed by atoms with Gasteiger partial charge in [0, 0.05) is 11.2 Å². The van der Waals surface area contributed by atoms with E-state index < -0.39 is 24.2 Å². The maximum absolute atomic E-state index is 12.3. The minimum atomic E-state index is -4.43. The van der Waals surface area contributed by atoms with E-state index in [4.69, 9.17) is 0 Å². The number of anilines is 1. The van der Waals surface area contributed by atoms with Crippen molar-refractivity contribution < 1.29 is 22.7 Å². The molecule has 8 heteroatoms. The lowest BCUT2D eigenvalue weighted by molar-refractivity contribution is -0.153. The third-order valence-corrected chi connectivity index (χ3v) is 3.51. The minimum absolute atomic E-state index is 0.0175. The summed E-state index contributed by atoms with van der Waals surface area (Å²) in [5, 5.41) is 3.23. The number of carbonyl (C=O) groups excluding carboxylic acids is 1. The first-order valence-corrected chi connectivity index (χ1v) is 7.55. The smallest absolute Gasteiger partial charge is 0.422 e. The molecular weight excluding hydrogens is 349 g/mol. The van der Waals surface area contributed by atoms with Crippen LogP contribution in [-0.2, 0) is 0 Å². The summed E-state index contributed by atoms with van der Waals surface area (Å²) in [6, 6.07) is 13.9. The van der Waals surface area contributed by atoms with Gasteiger partial charge in [-0.15, -0.1) is 0 Å². The van der Waals surface area contributed by atoms with Gasteiger partial charge in [-0.3, -0.25) is 9.59 Å². The highest BCUT2D eigenvalue weighted by molar-refractivity contribution is 6.05. The Morgan fingerprint density at radius 1 is 1.08 bits per heavy atom. The van der Waals surface area contributed by atoms with Crippen molar-refractivity contribution in [1.82, 2.24) is 4.98 Å². The standard InChI is InChI=1S/C18H13F3N2O3/c19-18(20,21)10-26-13-7-5-12(6-8-13)22-16(24)14-9-11-3-1-2-4-15(11)23-17(14)25/h1-9H,10H2,(H,22,24)(H,23,25). The largest absolute Gasteiger partial charge is 0.484 e. The molecule has 3 aromatic rings. The quantitative estimate of drug-likeness (QED) is 0.743. The zero-order valence-corrected chi connectivity index (χ0v) is 13.3. The molecule has 2 aromatic carbocycles. The molecule has 3 rings (SSSR count). The first-order chi connectivity index (χ1) is 12.3. The molecule has 0 spiro atoms. The molecule has 1 heterocycles. The highest BCUT2D eigenvalue weighted by atomic mass is 19.4. The molecule has 0 aliphatic heterocycles. The third-order valence-electron chi connectivity index (χ3n) is 3.51. The summed E-state index contributed by atoms with van der Waals surface area (Å²) in [6.45, 7) is -1.40. The number of para-hydroxylation sites is 1. The van der Waals surface area contributed by atoms with Gasteiger partial charge in [0.1, 0.15) is 11.3 Å². The Kier molecular flexibility index (Phi) is 4.66. The van der Waals surface area contributed by atoms with Crippen LogP contribution in [0.3, 0.4) is 0 Å². The van der Waals surface area contributed by atoms with E-state index in [1.165, 1.54) is 30.3 Å². The SMILES string of the molecule is O=C(Nc1ccc(OCC(F)(F)F)cc1)c1cc2ccccc2[nH]c1=O. The van der Waals surface area contributed by atoms with Crippen LogP contribution in [0.2, 0.25) is 0 Å². The summed E-state index contributed by atoms with van der Waals surface area (Å²) in [6.07, 6.45) is -4.43. The van der Waals surface area contributed by atoms with E-state index in [0.29, 0.717) is 16.6 Å². The summed E-state index contributed by atoms with van der Waals surface area (Å²) < 4.78 is 40.9. The predicted octanol–water partition coefficient (Wildman–Crippen LogP) is 3.72. The average Bonchev–Trinajstić information content (AvgIpc) is 2.60. The maximum Gasteiger partial charge on any atom is 0.422 e. The lowest BCUT2D eigenvalue weighted by Gasteiger charge is -2.10. The van der Waals surface area contributed by atoms with Gasteiger partial charge in [-0.05, 0) is 41.8 Å².